The van der Waals surface area contributed by atoms with Crippen LogP contribution in [0.3, 0.4) is 0 Å². The van der Waals surface area contributed by atoms with Crippen LogP contribution in [-0.4, -0.2) is 25.0 Å². The Morgan fingerprint density at radius 1 is 1.12 bits per heavy atom. The molecule has 1 amide bonds. The summed E-state index contributed by atoms with van der Waals surface area (Å²) in [5.74, 6) is -1.42. The van der Waals surface area contributed by atoms with Gasteiger partial charge in [0, 0.05) is 16.1 Å². The van der Waals surface area contributed by atoms with Gasteiger partial charge >= 0.3 is 12.6 Å². The van der Waals surface area contributed by atoms with Gasteiger partial charge in [0.2, 0.25) is 0 Å². The Bertz CT molecular complexity index is 755. The summed E-state index contributed by atoms with van der Waals surface area (Å²) in [4.78, 5) is 23.6. The predicted octanol–water partition coefficient (Wildman–Crippen LogP) is 3.41. The molecular formula is C17H14ClF2NO4. The fraction of sp³-hybridized carbons (Fsp3) is 0.176. The van der Waals surface area contributed by atoms with Gasteiger partial charge in [0.15, 0.2) is 0 Å². The lowest BCUT2D eigenvalue weighted by Crippen LogP contribution is -2.30. The van der Waals surface area contributed by atoms with Crippen molar-refractivity contribution in [3.63, 3.8) is 0 Å². The number of ether oxygens (including phenoxy) is 2. The van der Waals surface area contributed by atoms with Crippen molar-refractivity contribution in [1.82, 2.24) is 5.32 Å². The Morgan fingerprint density at radius 2 is 1.88 bits per heavy atom. The highest BCUT2D eigenvalue weighted by Gasteiger charge is 2.12. The van der Waals surface area contributed by atoms with Crippen molar-refractivity contribution in [1.29, 1.82) is 0 Å². The zero-order valence-electron chi connectivity index (χ0n) is 12.9. The number of hydrogen-bond acceptors (Lipinski definition) is 4. The quantitative estimate of drug-likeness (QED) is 0.760. The number of hydrogen-bond donors (Lipinski definition) is 1. The molecule has 25 heavy (non-hydrogen) atoms. The minimum atomic E-state index is -2.99. The fourth-order valence-corrected chi connectivity index (χ4v) is 2.08. The molecule has 0 bridgehead atoms. The van der Waals surface area contributed by atoms with Gasteiger partial charge in [-0.3, -0.25) is 9.59 Å². The number of carbonyl (C=O) groups excluding carboxylic acids is 2. The second-order valence-electron chi connectivity index (χ2n) is 4.84. The predicted molar refractivity (Wildman–Crippen MR) is 86.7 cm³/mol. The molecule has 0 saturated carbocycles. The topological polar surface area (TPSA) is 64.6 Å². The minimum absolute atomic E-state index is 0.0217. The van der Waals surface area contributed by atoms with E-state index in [1.54, 1.807) is 24.3 Å². The first-order valence-electron chi connectivity index (χ1n) is 7.18. The number of carbonyl (C=O) groups is 2. The van der Waals surface area contributed by atoms with E-state index >= 15 is 0 Å². The number of halogens is 3. The Labute approximate surface area is 147 Å². The van der Waals surface area contributed by atoms with Gasteiger partial charge in [-0.05, 0) is 24.3 Å². The smallest absolute Gasteiger partial charge is 0.387 e. The lowest BCUT2D eigenvalue weighted by molar-refractivity contribution is -0.143. The molecule has 0 aliphatic heterocycles. The number of nitrogens with one attached hydrogen (secondary N) is 1. The molecule has 5 nitrogen and oxygen atoms in total. The highest BCUT2D eigenvalue weighted by Crippen LogP contribution is 2.16. The third kappa shape index (κ3) is 6.04. The van der Waals surface area contributed by atoms with Gasteiger partial charge < -0.3 is 14.8 Å². The maximum atomic E-state index is 12.2. The first kappa shape index (κ1) is 18.7. The molecule has 0 aliphatic carbocycles. The molecule has 0 heterocycles. The van der Waals surface area contributed by atoms with Crippen LogP contribution in [-0.2, 0) is 16.1 Å². The number of benzene rings is 2. The molecule has 0 fully saturated rings. The van der Waals surface area contributed by atoms with Crippen LogP contribution >= 0.6 is 11.6 Å². The van der Waals surface area contributed by atoms with E-state index < -0.39 is 18.5 Å². The van der Waals surface area contributed by atoms with E-state index in [1.165, 1.54) is 18.2 Å². The number of amides is 1. The van der Waals surface area contributed by atoms with Crippen LogP contribution in [0.5, 0.6) is 5.75 Å². The van der Waals surface area contributed by atoms with Crippen LogP contribution in [0.1, 0.15) is 15.9 Å². The van der Waals surface area contributed by atoms with E-state index in [0.29, 0.717) is 10.6 Å². The summed E-state index contributed by atoms with van der Waals surface area (Å²) in [6.45, 7) is -3.38. The normalized spacial score (nSPS) is 10.4. The first-order valence-corrected chi connectivity index (χ1v) is 7.55. The average molecular weight is 370 g/mol. The molecule has 0 radical (unpaired) electrons. The summed E-state index contributed by atoms with van der Waals surface area (Å²) < 4.78 is 33.6. The van der Waals surface area contributed by atoms with Crippen LogP contribution in [0.4, 0.5) is 8.78 Å². The van der Waals surface area contributed by atoms with E-state index in [4.69, 9.17) is 16.3 Å². The maximum absolute atomic E-state index is 12.2. The fourth-order valence-electron chi connectivity index (χ4n) is 1.89. The van der Waals surface area contributed by atoms with E-state index in [1.807, 2.05) is 0 Å². The van der Waals surface area contributed by atoms with Crippen LogP contribution < -0.4 is 10.1 Å². The van der Waals surface area contributed by atoms with E-state index in [9.17, 15) is 18.4 Å². The number of esters is 1. The maximum Gasteiger partial charge on any atom is 0.387 e. The van der Waals surface area contributed by atoms with Crippen LogP contribution in [0.2, 0.25) is 5.02 Å². The molecular weight excluding hydrogens is 356 g/mol. The Kier molecular flexibility index (Phi) is 6.71. The van der Waals surface area contributed by atoms with E-state index in [2.05, 4.69) is 10.1 Å². The Balaban J connectivity index is 1.83. The molecule has 8 heteroatoms. The van der Waals surface area contributed by atoms with E-state index in [-0.39, 0.29) is 24.5 Å². The van der Waals surface area contributed by atoms with Crippen molar-refractivity contribution in [2.75, 3.05) is 6.54 Å². The summed E-state index contributed by atoms with van der Waals surface area (Å²) >= 11 is 5.94. The van der Waals surface area contributed by atoms with Crippen molar-refractivity contribution in [3.8, 4) is 5.75 Å². The van der Waals surface area contributed by atoms with Gasteiger partial charge in [0.25, 0.3) is 5.91 Å². The zero-order valence-corrected chi connectivity index (χ0v) is 13.6. The molecule has 0 aliphatic rings. The summed E-state index contributed by atoms with van der Waals surface area (Å²) in [5, 5.41) is 2.81. The SMILES string of the molecule is O=C(CNC(=O)c1cccc(OC(F)F)c1)OCc1ccccc1Cl. The molecule has 0 atom stereocenters. The van der Waals surface area contributed by atoms with Crippen molar-refractivity contribution < 1.29 is 27.8 Å². The number of rotatable bonds is 7. The molecule has 0 aromatic heterocycles. The van der Waals surface area contributed by atoms with Gasteiger partial charge in [-0.2, -0.15) is 8.78 Å². The molecule has 2 rings (SSSR count). The second kappa shape index (κ2) is 8.98. The lowest BCUT2D eigenvalue weighted by atomic mass is 10.2. The van der Waals surface area contributed by atoms with Gasteiger partial charge in [0.05, 0.1) is 0 Å². The van der Waals surface area contributed by atoms with Crippen molar-refractivity contribution in [3.05, 3.63) is 64.7 Å². The summed E-state index contributed by atoms with van der Waals surface area (Å²) in [5.41, 5.74) is 0.720. The zero-order chi connectivity index (χ0) is 18.2. The van der Waals surface area contributed by atoms with Crippen molar-refractivity contribution in [2.24, 2.45) is 0 Å². The number of alkyl halides is 2. The second-order valence-corrected chi connectivity index (χ2v) is 5.25. The largest absolute Gasteiger partial charge is 0.459 e. The monoisotopic (exact) mass is 369 g/mol. The third-order valence-electron chi connectivity index (χ3n) is 3.06. The highest BCUT2D eigenvalue weighted by atomic mass is 35.5. The summed E-state index contributed by atoms with van der Waals surface area (Å²) in [6.07, 6.45) is 0. The molecule has 2 aromatic rings. The Morgan fingerprint density at radius 3 is 2.60 bits per heavy atom. The molecule has 0 unspecified atom stereocenters. The Hall–Kier alpha value is -2.67. The van der Waals surface area contributed by atoms with Crippen LogP contribution in [0.15, 0.2) is 48.5 Å². The molecule has 2 aromatic carbocycles. The average Bonchev–Trinajstić information content (AvgIpc) is 2.58. The molecule has 1 N–H and O–H groups in total. The van der Waals surface area contributed by atoms with Crippen molar-refractivity contribution in [2.45, 2.75) is 13.2 Å². The van der Waals surface area contributed by atoms with Gasteiger partial charge in [-0.15, -0.1) is 0 Å². The van der Waals surface area contributed by atoms with Gasteiger partial charge in [-0.25, -0.2) is 0 Å². The van der Waals surface area contributed by atoms with Gasteiger partial charge in [-0.1, -0.05) is 35.9 Å². The molecule has 132 valence electrons. The first-order chi connectivity index (χ1) is 12.0. The molecule has 0 saturated heterocycles. The minimum Gasteiger partial charge on any atom is -0.459 e. The van der Waals surface area contributed by atoms with Crippen LogP contribution in [0, 0.1) is 0 Å². The van der Waals surface area contributed by atoms with Crippen molar-refractivity contribution >= 4 is 23.5 Å². The standard InChI is InChI=1S/C17H14ClF2NO4/c18-14-7-2-1-4-12(14)10-24-15(22)9-21-16(23)11-5-3-6-13(8-11)25-17(19)20/h1-8,17H,9-10H2,(H,21,23). The summed E-state index contributed by atoms with van der Waals surface area (Å²) in [7, 11) is 0. The third-order valence-corrected chi connectivity index (χ3v) is 3.43. The van der Waals surface area contributed by atoms with E-state index in [0.717, 1.165) is 6.07 Å². The highest BCUT2D eigenvalue weighted by molar-refractivity contribution is 6.31. The van der Waals surface area contributed by atoms with Crippen LogP contribution in [0.25, 0.3) is 0 Å². The molecule has 0 spiro atoms. The summed E-state index contributed by atoms with van der Waals surface area (Å²) in [6, 6.07) is 12.1. The lowest BCUT2D eigenvalue weighted by Gasteiger charge is -2.09. The van der Waals surface area contributed by atoms with Gasteiger partial charge in [0.1, 0.15) is 18.9 Å².